The molecule has 0 spiro atoms. The number of alkyl halides is 3. The first-order valence-corrected chi connectivity index (χ1v) is 3.27. The number of rotatable bonds is 1. The summed E-state index contributed by atoms with van der Waals surface area (Å²) in [5.41, 5.74) is 9.13. The minimum Gasteiger partial charge on any atom is -0.395 e. The van der Waals surface area contributed by atoms with E-state index in [4.69, 9.17) is 11.5 Å². The second-order valence-corrected chi connectivity index (χ2v) is 2.31. The maximum atomic E-state index is 12.6. The van der Waals surface area contributed by atoms with Crippen LogP contribution in [0.2, 0.25) is 0 Å². The Bertz CT molecular complexity index is 352. The van der Waals surface area contributed by atoms with Gasteiger partial charge in [-0.1, -0.05) is 0 Å². The number of nitrogen functional groups attached to an aromatic ring is 2. The normalized spacial score (nSPS) is 11.4. The number of hydrogen-bond donors (Lipinski definition) is 2. The average Bonchev–Trinajstić information content (AvgIpc) is 1.97. The molecule has 1 heterocycles. The molecule has 0 aliphatic heterocycles. The summed E-state index contributed by atoms with van der Waals surface area (Å²) in [4.78, 5) is 2.80. The highest BCUT2D eigenvalue weighted by atomic mass is 19.4. The van der Waals surface area contributed by atoms with Gasteiger partial charge in [-0.3, -0.25) is 0 Å². The fourth-order valence-electron chi connectivity index (χ4n) is 0.698. The van der Waals surface area contributed by atoms with E-state index in [1.54, 1.807) is 0 Å². The van der Waals surface area contributed by atoms with Gasteiger partial charge >= 0.3 is 6.36 Å². The lowest BCUT2D eigenvalue weighted by Crippen LogP contribution is -2.19. The summed E-state index contributed by atoms with van der Waals surface area (Å²) in [5, 5.41) is 0. The van der Waals surface area contributed by atoms with Crippen molar-refractivity contribution < 1.29 is 22.3 Å². The van der Waals surface area contributed by atoms with Gasteiger partial charge in [0.05, 0.1) is 11.4 Å². The minimum atomic E-state index is -4.97. The fraction of sp³-hybridized carbons (Fsp3) is 0.167. The molecule has 0 saturated heterocycles. The Morgan fingerprint density at radius 1 is 1.21 bits per heavy atom. The van der Waals surface area contributed by atoms with E-state index in [2.05, 4.69) is 9.72 Å². The third-order valence-electron chi connectivity index (χ3n) is 1.21. The Morgan fingerprint density at radius 3 is 2.29 bits per heavy atom. The number of nitrogens with zero attached hydrogens (tertiary/aromatic N) is 1. The zero-order valence-corrected chi connectivity index (χ0v) is 6.60. The van der Waals surface area contributed by atoms with Crippen LogP contribution in [0.3, 0.4) is 0 Å². The van der Waals surface area contributed by atoms with E-state index in [1.165, 1.54) is 0 Å². The number of aromatic nitrogens is 1. The molecule has 0 radical (unpaired) electrons. The highest BCUT2D eigenvalue weighted by molar-refractivity contribution is 5.56. The van der Waals surface area contributed by atoms with Crippen molar-refractivity contribution in [1.82, 2.24) is 4.98 Å². The molecule has 0 bridgehead atoms. The molecule has 4 nitrogen and oxygen atoms in total. The van der Waals surface area contributed by atoms with Gasteiger partial charge in [-0.25, -0.2) is 0 Å². The molecule has 0 fully saturated rings. The van der Waals surface area contributed by atoms with Gasteiger partial charge in [0.2, 0.25) is 11.8 Å². The van der Waals surface area contributed by atoms with E-state index in [0.717, 1.165) is 6.07 Å². The molecule has 1 rings (SSSR count). The molecule has 0 saturated carbocycles. The summed E-state index contributed by atoms with van der Waals surface area (Å²) in [6.07, 6.45) is -4.97. The zero-order valence-electron chi connectivity index (χ0n) is 6.60. The van der Waals surface area contributed by atoms with E-state index < -0.39 is 29.6 Å². The van der Waals surface area contributed by atoms with Gasteiger partial charge in [-0.15, -0.1) is 13.2 Å². The fourth-order valence-corrected chi connectivity index (χ4v) is 0.698. The van der Waals surface area contributed by atoms with E-state index in [1.807, 2.05) is 0 Å². The Kier molecular flexibility index (Phi) is 2.37. The second kappa shape index (κ2) is 3.20. The predicted octanol–water partition coefficient (Wildman–Crippen LogP) is 1.28. The van der Waals surface area contributed by atoms with E-state index >= 15 is 0 Å². The molecule has 0 unspecified atom stereocenters. The lowest BCUT2D eigenvalue weighted by molar-refractivity contribution is -0.276. The first kappa shape index (κ1) is 10.4. The van der Waals surface area contributed by atoms with Crippen LogP contribution in [0.5, 0.6) is 5.88 Å². The highest BCUT2D eigenvalue weighted by Crippen LogP contribution is 2.28. The average molecular weight is 211 g/mol. The van der Waals surface area contributed by atoms with Gasteiger partial charge in [0.15, 0.2) is 0 Å². The van der Waals surface area contributed by atoms with Crippen LogP contribution in [-0.2, 0) is 0 Å². The molecule has 8 heteroatoms. The Balaban J connectivity index is 3.04. The summed E-state index contributed by atoms with van der Waals surface area (Å²) < 4.78 is 51.0. The van der Waals surface area contributed by atoms with Gasteiger partial charge in [-0.2, -0.15) is 9.37 Å². The molecule has 1 aromatic heterocycles. The molecule has 1 aromatic rings. The lowest BCUT2D eigenvalue weighted by atomic mass is 10.3. The Hall–Kier alpha value is -1.73. The molecule has 4 N–H and O–H groups in total. The molecule has 0 atom stereocenters. The van der Waals surface area contributed by atoms with Crippen molar-refractivity contribution in [3.8, 4) is 5.88 Å². The minimum absolute atomic E-state index is 0.447. The maximum Gasteiger partial charge on any atom is 0.574 e. The summed E-state index contributed by atoms with van der Waals surface area (Å²) in [7, 11) is 0. The number of hydrogen-bond acceptors (Lipinski definition) is 4. The van der Waals surface area contributed by atoms with E-state index in [0.29, 0.717) is 0 Å². The third-order valence-corrected chi connectivity index (χ3v) is 1.21. The first-order valence-electron chi connectivity index (χ1n) is 3.27. The monoisotopic (exact) mass is 211 g/mol. The van der Waals surface area contributed by atoms with Crippen LogP contribution in [-0.4, -0.2) is 11.3 Å². The van der Waals surface area contributed by atoms with E-state index in [9.17, 15) is 17.6 Å². The number of halogens is 4. The number of ether oxygens (including phenoxy) is 1. The van der Waals surface area contributed by atoms with Crippen LogP contribution in [0.25, 0.3) is 0 Å². The lowest BCUT2D eigenvalue weighted by Gasteiger charge is -2.10. The van der Waals surface area contributed by atoms with Crippen molar-refractivity contribution >= 4 is 11.4 Å². The van der Waals surface area contributed by atoms with Crippen molar-refractivity contribution in [2.75, 3.05) is 11.5 Å². The van der Waals surface area contributed by atoms with Crippen LogP contribution in [0.15, 0.2) is 6.07 Å². The summed E-state index contributed by atoms with van der Waals surface area (Å²) in [6, 6.07) is 0.795. The molecule has 0 aromatic carbocycles. The molecular weight excluding hydrogens is 206 g/mol. The van der Waals surface area contributed by atoms with Crippen molar-refractivity contribution in [2.24, 2.45) is 0 Å². The van der Waals surface area contributed by atoms with Gasteiger partial charge in [0.1, 0.15) is 0 Å². The number of anilines is 2. The van der Waals surface area contributed by atoms with Crippen LogP contribution in [0.1, 0.15) is 0 Å². The van der Waals surface area contributed by atoms with Crippen LogP contribution < -0.4 is 16.2 Å². The van der Waals surface area contributed by atoms with Crippen LogP contribution in [0, 0.1) is 5.95 Å². The van der Waals surface area contributed by atoms with Crippen LogP contribution in [0.4, 0.5) is 28.9 Å². The summed E-state index contributed by atoms with van der Waals surface area (Å²) in [5.74, 6) is -2.32. The smallest absolute Gasteiger partial charge is 0.395 e. The Labute approximate surface area is 75.5 Å². The highest BCUT2D eigenvalue weighted by Gasteiger charge is 2.33. The molecular formula is C6H5F4N3O. The van der Waals surface area contributed by atoms with Crippen molar-refractivity contribution in [2.45, 2.75) is 6.36 Å². The third kappa shape index (κ3) is 2.38. The molecule has 0 aliphatic carbocycles. The van der Waals surface area contributed by atoms with E-state index in [-0.39, 0.29) is 0 Å². The Morgan fingerprint density at radius 2 is 1.79 bits per heavy atom. The van der Waals surface area contributed by atoms with Crippen molar-refractivity contribution in [3.63, 3.8) is 0 Å². The summed E-state index contributed by atoms with van der Waals surface area (Å²) in [6.45, 7) is 0. The maximum absolute atomic E-state index is 12.6. The largest absolute Gasteiger partial charge is 0.574 e. The standard InChI is InChI=1S/C6H5F4N3O/c7-4-2(11)1-3(12)5(13-4)14-6(8,9)10/h1H,11-12H2. The number of nitrogens with two attached hydrogens (primary N) is 2. The quantitative estimate of drug-likeness (QED) is 0.542. The second-order valence-electron chi connectivity index (χ2n) is 2.31. The molecule has 78 valence electrons. The van der Waals surface area contributed by atoms with Crippen molar-refractivity contribution in [1.29, 1.82) is 0 Å². The molecule has 14 heavy (non-hydrogen) atoms. The topological polar surface area (TPSA) is 74.2 Å². The SMILES string of the molecule is Nc1cc(N)c(OC(F)(F)F)nc1F. The van der Waals surface area contributed by atoms with Gasteiger partial charge < -0.3 is 16.2 Å². The molecule has 0 aliphatic rings. The van der Waals surface area contributed by atoms with Crippen LogP contribution >= 0.6 is 0 Å². The molecule has 0 amide bonds. The van der Waals surface area contributed by atoms with Crippen molar-refractivity contribution in [3.05, 3.63) is 12.0 Å². The first-order chi connectivity index (χ1) is 6.29. The van der Waals surface area contributed by atoms with Gasteiger partial charge in [-0.05, 0) is 6.07 Å². The zero-order chi connectivity index (χ0) is 10.9. The van der Waals surface area contributed by atoms with Gasteiger partial charge in [0, 0.05) is 0 Å². The predicted molar refractivity (Wildman–Crippen MR) is 39.7 cm³/mol. The summed E-state index contributed by atoms with van der Waals surface area (Å²) >= 11 is 0. The van der Waals surface area contributed by atoms with Gasteiger partial charge in [0.25, 0.3) is 0 Å². The number of pyridine rings is 1.